The fourth-order valence-corrected chi connectivity index (χ4v) is 2.80. The van der Waals surface area contributed by atoms with Gasteiger partial charge in [-0.15, -0.1) is 0 Å². The van der Waals surface area contributed by atoms with Gasteiger partial charge in [0.2, 0.25) is 5.91 Å². The first-order chi connectivity index (χ1) is 8.58. The number of hydrogen-bond donors (Lipinski definition) is 2. The van der Waals surface area contributed by atoms with E-state index in [-0.39, 0.29) is 11.9 Å². The minimum absolute atomic E-state index is 0.129. The first kappa shape index (κ1) is 15.4. The minimum Gasteiger partial charge on any atom is -0.352 e. The smallest absolute Gasteiger partial charge is 0.234 e. The van der Waals surface area contributed by atoms with Crippen LogP contribution in [0.15, 0.2) is 0 Å². The fourth-order valence-electron chi connectivity index (χ4n) is 2.80. The lowest BCUT2D eigenvalue weighted by atomic mass is 9.90. The fraction of sp³-hybridized carbons (Fsp3) is 0.929. The summed E-state index contributed by atoms with van der Waals surface area (Å²) >= 11 is 0. The maximum absolute atomic E-state index is 11.9. The molecule has 1 aliphatic rings. The Morgan fingerprint density at radius 2 is 1.94 bits per heavy atom. The molecule has 18 heavy (non-hydrogen) atoms. The Labute approximate surface area is 111 Å². The Morgan fingerprint density at radius 3 is 2.50 bits per heavy atom. The largest absolute Gasteiger partial charge is 0.352 e. The molecule has 1 saturated carbocycles. The third kappa shape index (κ3) is 4.58. The van der Waals surface area contributed by atoms with Crippen LogP contribution in [0.5, 0.6) is 0 Å². The highest BCUT2D eigenvalue weighted by atomic mass is 16.2. The summed E-state index contributed by atoms with van der Waals surface area (Å²) in [6.07, 6.45) is 6.66. The molecule has 0 radical (unpaired) electrons. The highest BCUT2D eigenvalue weighted by molar-refractivity contribution is 5.78. The predicted octanol–water partition coefficient (Wildman–Crippen LogP) is 1.49. The molecule has 0 aromatic carbocycles. The molecule has 0 saturated heterocycles. The molecule has 3 N–H and O–H groups in total. The minimum atomic E-state index is 0.129. The third-order valence-electron chi connectivity index (χ3n) is 4.09. The van der Waals surface area contributed by atoms with E-state index in [2.05, 4.69) is 24.1 Å². The van der Waals surface area contributed by atoms with Crippen molar-refractivity contribution < 1.29 is 4.79 Å². The van der Waals surface area contributed by atoms with Gasteiger partial charge in [-0.05, 0) is 32.7 Å². The number of nitrogens with zero attached hydrogens (tertiary/aromatic N) is 1. The Bertz CT molecular complexity index is 253. The Hall–Kier alpha value is -0.610. The van der Waals surface area contributed by atoms with Gasteiger partial charge < -0.3 is 11.1 Å². The molecule has 0 bridgehead atoms. The number of nitrogens with one attached hydrogen (secondary N) is 1. The average molecular weight is 255 g/mol. The summed E-state index contributed by atoms with van der Waals surface area (Å²) in [5.74, 6) is 0.129. The number of carbonyl (C=O) groups is 1. The summed E-state index contributed by atoms with van der Waals surface area (Å²) in [7, 11) is 2.02. The lowest BCUT2D eigenvalue weighted by molar-refractivity contribution is -0.123. The highest BCUT2D eigenvalue weighted by Crippen LogP contribution is 2.20. The van der Waals surface area contributed by atoms with Gasteiger partial charge in [0.1, 0.15) is 0 Å². The van der Waals surface area contributed by atoms with E-state index in [4.69, 9.17) is 5.73 Å². The molecule has 0 heterocycles. The van der Waals surface area contributed by atoms with Gasteiger partial charge >= 0.3 is 0 Å². The molecule has 2 atom stereocenters. The summed E-state index contributed by atoms with van der Waals surface area (Å²) in [6.45, 7) is 4.68. The second-order valence-electron chi connectivity index (χ2n) is 5.51. The van der Waals surface area contributed by atoms with Crippen LogP contribution in [0, 0.1) is 0 Å². The van der Waals surface area contributed by atoms with Crippen molar-refractivity contribution in [2.45, 2.75) is 70.5 Å². The molecule has 0 aromatic heterocycles. The molecular formula is C14H29N3O. The predicted molar refractivity (Wildman–Crippen MR) is 75.4 cm³/mol. The van der Waals surface area contributed by atoms with E-state index in [1.807, 2.05) is 7.05 Å². The number of rotatable bonds is 6. The molecule has 1 aliphatic carbocycles. The molecular weight excluding hydrogens is 226 g/mol. The van der Waals surface area contributed by atoms with Gasteiger partial charge in [0.25, 0.3) is 0 Å². The van der Waals surface area contributed by atoms with Crippen LogP contribution >= 0.6 is 0 Å². The standard InChI is InChI=1S/C14H29N3O/c1-4-11(5-2)16-14(18)10-17(3)13-9-7-6-8-12(13)15/h11-13H,4-10,15H2,1-3H3,(H,16,18). The first-order valence-electron chi connectivity index (χ1n) is 7.33. The van der Waals surface area contributed by atoms with Gasteiger partial charge in [-0.2, -0.15) is 0 Å². The Morgan fingerprint density at radius 1 is 1.33 bits per heavy atom. The van der Waals surface area contributed by atoms with Crippen LogP contribution in [0.4, 0.5) is 0 Å². The lowest BCUT2D eigenvalue weighted by Crippen LogP contribution is -2.51. The van der Waals surface area contributed by atoms with Crippen LogP contribution in [0.2, 0.25) is 0 Å². The van der Waals surface area contributed by atoms with Gasteiger partial charge in [0, 0.05) is 18.1 Å². The molecule has 0 aliphatic heterocycles. The van der Waals surface area contributed by atoms with Crippen LogP contribution in [0.25, 0.3) is 0 Å². The Kier molecular flexibility index (Phi) is 6.65. The molecule has 4 heteroatoms. The monoisotopic (exact) mass is 255 g/mol. The molecule has 0 spiro atoms. The van der Waals surface area contributed by atoms with Crippen molar-refractivity contribution in [1.82, 2.24) is 10.2 Å². The summed E-state index contributed by atoms with van der Waals surface area (Å²) < 4.78 is 0. The van der Waals surface area contributed by atoms with E-state index in [1.165, 1.54) is 12.8 Å². The molecule has 1 amide bonds. The summed E-state index contributed by atoms with van der Waals surface area (Å²) in [5, 5.41) is 3.08. The average Bonchev–Trinajstić information content (AvgIpc) is 2.36. The Balaban J connectivity index is 2.38. The molecule has 0 aromatic rings. The van der Waals surface area contributed by atoms with Crippen LogP contribution in [0.1, 0.15) is 52.4 Å². The van der Waals surface area contributed by atoms with Crippen molar-refractivity contribution in [3.8, 4) is 0 Å². The van der Waals surface area contributed by atoms with Crippen molar-refractivity contribution in [3.63, 3.8) is 0 Å². The van der Waals surface area contributed by atoms with Gasteiger partial charge in [0.05, 0.1) is 6.54 Å². The zero-order chi connectivity index (χ0) is 13.5. The maximum atomic E-state index is 11.9. The normalized spacial score (nSPS) is 24.6. The second kappa shape index (κ2) is 7.74. The van der Waals surface area contributed by atoms with E-state index in [1.54, 1.807) is 0 Å². The zero-order valence-corrected chi connectivity index (χ0v) is 12.1. The summed E-state index contributed by atoms with van der Waals surface area (Å²) in [4.78, 5) is 14.1. The summed E-state index contributed by atoms with van der Waals surface area (Å²) in [5.41, 5.74) is 6.14. The third-order valence-corrected chi connectivity index (χ3v) is 4.09. The van der Waals surface area contributed by atoms with Crippen molar-refractivity contribution >= 4 is 5.91 Å². The molecule has 106 valence electrons. The topological polar surface area (TPSA) is 58.4 Å². The van der Waals surface area contributed by atoms with Gasteiger partial charge in [-0.3, -0.25) is 9.69 Å². The molecule has 4 nitrogen and oxygen atoms in total. The van der Waals surface area contributed by atoms with Crippen LogP contribution in [-0.4, -0.2) is 42.5 Å². The number of carbonyl (C=O) groups excluding carboxylic acids is 1. The van der Waals surface area contributed by atoms with Crippen molar-refractivity contribution in [3.05, 3.63) is 0 Å². The van der Waals surface area contributed by atoms with E-state index in [9.17, 15) is 4.79 Å². The van der Waals surface area contributed by atoms with Gasteiger partial charge in [-0.25, -0.2) is 0 Å². The van der Waals surface area contributed by atoms with Crippen LogP contribution < -0.4 is 11.1 Å². The number of likely N-dealkylation sites (N-methyl/N-ethyl adjacent to an activating group) is 1. The zero-order valence-electron chi connectivity index (χ0n) is 12.1. The molecule has 1 rings (SSSR count). The van der Waals surface area contributed by atoms with Crippen LogP contribution in [0.3, 0.4) is 0 Å². The quantitative estimate of drug-likeness (QED) is 0.756. The number of nitrogens with two attached hydrogens (primary N) is 1. The van der Waals surface area contributed by atoms with Crippen molar-refractivity contribution in [2.24, 2.45) is 5.73 Å². The second-order valence-corrected chi connectivity index (χ2v) is 5.51. The number of hydrogen-bond acceptors (Lipinski definition) is 3. The maximum Gasteiger partial charge on any atom is 0.234 e. The van der Waals surface area contributed by atoms with E-state index >= 15 is 0 Å². The van der Waals surface area contributed by atoms with E-state index in [0.29, 0.717) is 18.6 Å². The van der Waals surface area contributed by atoms with Crippen molar-refractivity contribution in [2.75, 3.05) is 13.6 Å². The van der Waals surface area contributed by atoms with Gasteiger partial charge in [-0.1, -0.05) is 26.7 Å². The van der Waals surface area contributed by atoms with Crippen LogP contribution in [-0.2, 0) is 4.79 Å². The first-order valence-corrected chi connectivity index (χ1v) is 7.33. The van der Waals surface area contributed by atoms with E-state index in [0.717, 1.165) is 25.7 Å². The molecule has 1 fully saturated rings. The summed E-state index contributed by atoms with van der Waals surface area (Å²) in [6, 6.07) is 0.904. The molecule has 2 unspecified atom stereocenters. The SMILES string of the molecule is CCC(CC)NC(=O)CN(C)C1CCCCC1N. The van der Waals surface area contributed by atoms with Crippen molar-refractivity contribution in [1.29, 1.82) is 0 Å². The lowest BCUT2D eigenvalue weighted by Gasteiger charge is -2.35. The van der Waals surface area contributed by atoms with Gasteiger partial charge in [0.15, 0.2) is 0 Å². The number of amides is 1. The van der Waals surface area contributed by atoms with E-state index < -0.39 is 0 Å². The highest BCUT2D eigenvalue weighted by Gasteiger charge is 2.26.